The molecule has 0 aliphatic heterocycles. The molecule has 0 fully saturated rings. The lowest BCUT2D eigenvalue weighted by Crippen LogP contribution is -2.30. The highest BCUT2D eigenvalue weighted by molar-refractivity contribution is 5.58. The average Bonchev–Trinajstić information content (AvgIpc) is 2.40. The summed E-state index contributed by atoms with van der Waals surface area (Å²) in [6.45, 7) is 6.15. The normalized spacial score (nSPS) is 11.8. The van der Waals surface area contributed by atoms with Crippen LogP contribution in [0.1, 0.15) is 38.1 Å². The van der Waals surface area contributed by atoms with Crippen LogP contribution in [0, 0.1) is 18.3 Å². The summed E-state index contributed by atoms with van der Waals surface area (Å²) in [7, 11) is 3.85. The maximum Gasteiger partial charge on any atom is 0.137 e. The van der Waals surface area contributed by atoms with Gasteiger partial charge in [-0.3, -0.25) is 0 Å². The van der Waals surface area contributed by atoms with Crippen molar-refractivity contribution in [1.82, 2.24) is 9.97 Å². The monoisotopic (exact) mass is 261 g/mol. The minimum atomic E-state index is 0.137. The highest BCUT2D eigenvalue weighted by Crippen LogP contribution is 2.24. The summed E-state index contributed by atoms with van der Waals surface area (Å²) in [6.07, 6.45) is 2.36. The van der Waals surface area contributed by atoms with Gasteiger partial charge >= 0.3 is 0 Å². The van der Waals surface area contributed by atoms with Crippen molar-refractivity contribution in [3.05, 3.63) is 11.4 Å². The van der Waals surface area contributed by atoms with Gasteiger partial charge in [0.1, 0.15) is 17.5 Å². The molecule has 1 rings (SSSR count). The minimum absolute atomic E-state index is 0.137. The first kappa shape index (κ1) is 15.2. The Bertz CT molecular complexity index is 464. The van der Waals surface area contributed by atoms with Crippen molar-refractivity contribution in [2.45, 2.75) is 46.1 Å². The van der Waals surface area contributed by atoms with Crippen LogP contribution in [0.4, 0.5) is 11.6 Å². The van der Waals surface area contributed by atoms with Crippen LogP contribution in [-0.4, -0.2) is 30.1 Å². The van der Waals surface area contributed by atoms with Gasteiger partial charge in [0.15, 0.2) is 0 Å². The molecule has 1 aromatic heterocycles. The average molecular weight is 261 g/mol. The van der Waals surface area contributed by atoms with E-state index in [1.165, 1.54) is 0 Å². The molecule has 0 aromatic carbocycles. The number of nitrogens with one attached hydrogen (secondary N) is 1. The Morgan fingerprint density at radius 3 is 2.63 bits per heavy atom. The van der Waals surface area contributed by atoms with E-state index in [9.17, 15) is 0 Å². The number of nitrogens with zero attached hydrogens (tertiary/aromatic N) is 4. The zero-order chi connectivity index (χ0) is 14.4. The largest absolute Gasteiger partial charge is 0.373 e. The molecule has 1 heterocycles. The van der Waals surface area contributed by atoms with Crippen LogP contribution in [0.3, 0.4) is 0 Å². The third-order valence-corrected chi connectivity index (χ3v) is 3.26. The molecule has 1 unspecified atom stereocenters. The van der Waals surface area contributed by atoms with Crippen molar-refractivity contribution in [2.24, 2.45) is 0 Å². The Kier molecular flexibility index (Phi) is 5.56. The van der Waals surface area contributed by atoms with Gasteiger partial charge in [0.25, 0.3) is 0 Å². The van der Waals surface area contributed by atoms with Crippen LogP contribution in [0.25, 0.3) is 0 Å². The number of aromatic nitrogens is 2. The van der Waals surface area contributed by atoms with E-state index in [0.717, 1.165) is 35.9 Å². The van der Waals surface area contributed by atoms with Crippen molar-refractivity contribution in [2.75, 3.05) is 24.3 Å². The van der Waals surface area contributed by atoms with Gasteiger partial charge in [-0.15, -0.1) is 0 Å². The summed E-state index contributed by atoms with van der Waals surface area (Å²) in [5.74, 6) is 2.62. The summed E-state index contributed by atoms with van der Waals surface area (Å²) in [5.41, 5.74) is 1.02. The molecule has 0 saturated heterocycles. The van der Waals surface area contributed by atoms with Crippen molar-refractivity contribution >= 4 is 11.6 Å². The molecule has 1 aromatic rings. The molecule has 0 aliphatic rings. The molecule has 1 atom stereocenters. The second-order valence-corrected chi connectivity index (χ2v) is 4.76. The number of aryl methyl sites for hydroxylation is 1. The van der Waals surface area contributed by atoms with Crippen LogP contribution in [0.2, 0.25) is 0 Å². The number of anilines is 2. The molecule has 5 heteroatoms. The summed E-state index contributed by atoms with van der Waals surface area (Å²) in [4.78, 5) is 11.2. The molecule has 104 valence electrons. The van der Waals surface area contributed by atoms with E-state index >= 15 is 0 Å². The molecule has 1 N–H and O–H groups in total. The second kappa shape index (κ2) is 6.93. The zero-order valence-electron chi connectivity index (χ0n) is 12.5. The molecule has 0 saturated carbocycles. The summed E-state index contributed by atoms with van der Waals surface area (Å²) >= 11 is 0. The van der Waals surface area contributed by atoms with E-state index in [1.54, 1.807) is 0 Å². The van der Waals surface area contributed by atoms with Gasteiger partial charge in [-0.2, -0.15) is 5.26 Å². The van der Waals surface area contributed by atoms with E-state index in [0.29, 0.717) is 6.42 Å². The van der Waals surface area contributed by atoms with Gasteiger partial charge in [0.2, 0.25) is 0 Å². The van der Waals surface area contributed by atoms with Crippen LogP contribution < -0.4 is 10.2 Å². The van der Waals surface area contributed by atoms with E-state index in [1.807, 2.05) is 27.9 Å². The molecule has 0 radical (unpaired) electrons. The first-order valence-corrected chi connectivity index (χ1v) is 6.70. The number of hydrogen-bond donors (Lipinski definition) is 1. The van der Waals surface area contributed by atoms with Crippen molar-refractivity contribution in [1.29, 1.82) is 5.26 Å². The van der Waals surface area contributed by atoms with Crippen molar-refractivity contribution in [3.63, 3.8) is 0 Å². The minimum Gasteiger partial charge on any atom is -0.373 e. The van der Waals surface area contributed by atoms with Crippen LogP contribution in [0.15, 0.2) is 0 Å². The fourth-order valence-electron chi connectivity index (χ4n) is 1.95. The highest BCUT2D eigenvalue weighted by atomic mass is 15.2. The fourth-order valence-corrected chi connectivity index (χ4v) is 1.95. The lowest BCUT2D eigenvalue weighted by Gasteiger charge is -2.26. The fraction of sp³-hybridized carbons (Fsp3) is 0.643. The van der Waals surface area contributed by atoms with E-state index < -0.39 is 0 Å². The Labute approximate surface area is 115 Å². The summed E-state index contributed by atoms with van der Waals surface area (Å²) in [5, 5.41) is 11.9. The Hall–Kier alpha value is -1.83. The summed E-state index contributed by atoms with van der Waals surface area (Å²) < 4.78 is 0. The molecular weight excluding hydrogens is 238 g/mol. The lowest BCUT2D eigenvalue weighted by atomic mass is 10.2. The smallest absolute Gasteiger partial charge is 0.137 e. The quantitative estimate of drug-likeness (QED) is 0.852. The van der Waals surface area contributed by atoms with Gasteiger partial charge < -0.3 is 10.2 Å². The number of rotatable bonds is 6. The number of nitriles is 1. The van der Waals surface area contributed by atoms with E-state index in [4.69, 9.17) is 5.26 Å². The van der Waals surface area contributed by atoms with Gasteiger partial charge in [0.05, 0.1) is 12.5 Å². The predicted octanol–water partition coefficient (Wildman–Crippen LogP) is 2.52. The molecule has 0 amide bonds. The van der Waals surface area contributed by atoms with E-state index in [-0.39, 0.29) is 6.04 Å². The lowest BCUT2D eigenvalue weighted by molar-refractivity contribution is 0.685. The zero-order valence-corrected chi connectivity index (χ0v) is 12.5. The Morgan fingerprint density at radius 2 is 2.11 bits per heavy atom. The Balaban J connectivity index is 3.17. The second-order valence-electron chi connectivity index (χ2n) is 4.76. The van der Waals surface area contributed by atoms with Gasteiger partial charge in [0, 0.05) is 32.1 Å². The third kappa shape index (κ3) is 3.57. The van der Waals surface area contributed by atoms with Crippen LogP contribution in [0.5, 0.6) is 0 Å². The van der Waals surface area contributed by atoms with Crippen LogP contribution >= 0.6 is 0 Å². The first-order valence-electron chi connectivity index (χ1n) is 6.70. The molecule has 0 spiro atoms. The highest BCUT2D eigenvalue weighted by Gasteiger charge is 2.17. The maximum absolute atomic E-state index is 8.82. The maximum atomic E-state index is 8.82. The van der Waals surface area contributed by atoms with Gasteiger partial charge in [-0.05, 0) is 20.3 Å². The van der Waals surface area contributed by atoms with Crippen molar-refractivity contribution < 1.29 is 0 Å². The molecule has 5 nitrogen and oxygen atoms in total. The Morgan fingerprint density at radius 1 is 1.42 bits per heavy atom. The van der Waals surface area contributed by atoms with Crippen LogP contribution in [-0.2, 0) is 6.42 Å². The molecule has 0 aliphatic carbocycles. The predicted molar refractivity (Wildman–Crippen MR) is 78.4 cm³/mol. The van der Waals surface area contributed by atoms with E-state index in [2.05, 4.69) is 33.2 Å². The molecule has 0 bridgehead atoms. The summed E-state index contributed by atoms with van der Waals surface area (Å²) in [6, 6.07) is 2.34. The standard InChI is InChI=1S/C14H23N5/c1-6-7-12-17-13(16-4)11(3)14(18-12)19(5)10(2)8-9-15/h10H,6-8H2,1-5H3,(H,16,17,18). The van der Waals surface area contributed by atoms with Crippen molar-refractivity contribution in [3.8, 4) is 6.07 Å². The van der Waals surface area contributed by atoms with Gasteiger partial charge in [-0.1, -0.05) is 6.92 Å². The topological polar surface area (TPSA) is 64.8 Å². The number of hydrogen-bond acceptors (Lipinski definition) is 5. The molecular formula is C14H23N5. The SMILES string of the molecule is CCCc1nc(NC)c(C)c(N(C)C(C)CC#N)n1. The van der Waals surface area contributed by atoms with Gasteiger partial charge in [-0.25, -0.2) is 9.97 Å². The molecule has 19 heavy (non-hydrogen) atoms. The third-order valence-electron chi connectivity index (χ3n) is 3.26. The first-order chi connectivity index (χ1) is 9.04.